The summed E-state index contributed by atoms with van der Waals surface area (Å²) in [5.74, 6) is 0.875. The van der Waals surface area contributed by atoms with E-state index < -0.39 is 0 Å². The van der Waals surface area contributed by atoms with Crippen molar-refractivity contribution in [1.29, 1.82) is 0 Å². The van der Waals surface area contributed by atoms with E-state index in [1.807, 2.05) is 24.3 Å². The zero-order valence-electron chi connectivity index (χ0n) is 11.2. The second-order valence-electron chi connectivity index (χ2n) is 4.29. The summed E-state index contributed by atoms with van der Waals surface area (Å²) in [7, 11) is 1.61. The first-order valence-electron chi connectivity index (χ1n) is 6.08. The van der Waals surface area contributed by atoms with Gasteiger partial charge < -0.3 is 9.47 Å². The minimum Gasteiger partial charge on any atom is -0.496 e. The van der Waals surface area contributed by atoms with E-state index in [2.05, 4.69) is 31.9 Å². The van der Waals surface area contributed by atoms with Crippen molar-refractivity contribution < 1.29 is 14.3 Å². The van der Waals surface area contributed by atoms with Gasteiger partial charge in [0.1, 0.15) is 11.5 Å². The lowest BCUT2D eigenvalue weighted by Crippen LogP contribution is -2.03. The van der Waals surface area contributed by atoms with E-state index in [1.165, 1.54) is 6.92 Å². The Morgan fingerprint density at radius 1 is 1.20 bits per heavy atom. The summed E-state index contributed by atoms with van der Waals surface area (Å²) in [4.78, 5) is 11.2. The third-order valence-corrected chi connectivity index (χ3v) is 3.55. The Kier molecular flexibility index (Phi) is 5.05. The molecule has 0 fully saturated rings. The number of rotatable bonds is 4. The highest BCUT2D eigenvalue weighted by Gasteiger charge is 2.14. The molecule has 0 saturated heterocycles. The Hall–Kier alpha value is -1.07. The van der Waals surface area contributed by atoms with Gasteiger partial charge in [-0.25, -0.2) is 0 Å². The molecule has 106 valence electrons. The Morgan fingerprint density at radius 3 is 2.55 bits per heavy atom. The highest BCUT2D eigenvalue weighted by atomic mass is 79.9. The van der Waals surface area contributed by atoms with Crippen LogP contribution in [0.4, 0.5) is 0 Å². The molecular formula is C15H14Br2O3. The Morgan fingerprint density at radius 2 is 1.95 bits per heavy atom. The first-order valence-corrected chi connectivity index (χ1v) is 7.91. The van der Waals surface area contributed by atoms with Crippen molar-refractivity contribution in [3.8, 4) is 11.5 Å². The van der Waals surface area contributed by atoms with Crippen molar-refractivity contribution in [2.24, 2.45) is 0 Å². The van der Waals surface area contributed by atoms with Crippen molar-refractivity contribution >= 4 is 48.6 Å². The van der Waals surface area contributed by atoms with Gasteiger partial charge in [-0.05, 0) is 29.5 Å². The summed E-state index contributed by atoms with van der Waals surface area (Å²) >= 11 is 6.98. The van der Waals surface area contributed by atoms with Crippen molar-refractivity contribution in [2.45, 2.75) is 17.1 Å². The zero-order chi connectivity index (χ0) is 14.7. The van der Waals surface area contributed by atoms with Crippen molar-refractivity contribution in [2.75, 3.05) is 7.11 Å². The van der Waals surface area contributed by atoms with Crippen molar-refractivity contribution in [1.82, 2.24) is 0 Å². The van der Waals surface area contributed by atoms with Crippen LogP contribution in [0, 0.1) is 0 Å². The van der Waals surface area contributed by atoms with Crippen LogP contribution in [0.2, 0.25) is 0 Å². The van der Waals surface area contributed by atoms with Gasteiger partial charge in [0.25, 0.3) is 0 Å². The van der Waals surface area contributed by atoms with Gasteiger partial charge in [-0.1, -0.05) is 50.1 Å². The SMILES string of the molecule is COc1ccc(CC(Br)Br)c2cccc(OC(C)=O)c12. The van der Waals surface area contributed by atoms with E-state index in [-0.39, 0.29) is 9.71 Å². The molecule has 0 N–H and O–H groups in total. The van der Waals surface area contributed by atoms with Crippen LogP contribution in [-0.2, 0) is 11.2 Å². The van der Waals surface area contributed by atoms with Gasteiger partial charge in [0.15, 0.2) is 0 Å². The molecule has 3 nitrogen and oxygen atoms in total. The molecule has 0 aromatic heterocycles. The predicted octanol–water partition coefficient (Wildman–Crippen LogP) is 4.43. The molecule has 0 spiro atoms. The van der Waals surface area contributed by atoms with E-state index in [9.17, 15) is 4.79 Å². The lowest BCUT2D eigenvalue weighted by Gasteiger charge is -2.14. The molecule has 0 atom stereocenters. The number of methoxy groups -OCH3 is 1. The maximum absolute atomic E-state index is 11.2. The predicted molar refractivity (Wildman–Crippen MR) is 87.2 cm³/mol. The highest BCUT2D eigenvalue weighted by Crippen LogP contribution is 2.37. The molecule has 0 heterocycles. The third-order valence-electron chi connectivity index (χ3n) is 2.90. The maximum atomic E-state index is 11.2. The highest BCUT2D eigenvalue weighted by molar-refractivity contribution is 9.24. The summed E-state index contributed by atoms with van der Waals surface area (Å²) in [6.07, 6.45) is 0.810. The van der Waals surface area contributed by atoms with Crippen LogP contribution in [0.25, 0.3) is 10.8 Å². The van der Waals surface area contributed by atoms with E-state index >= 15 is 0 Å². The van der Waals surface area contributed by atoms with E-state index in [0.29, 0.717) is 11.5 Å². The summed E-state index contributed by atoms with van der Waals surface area (Å²) in [6.45, 7) is 1.39. The second kappa shape index (κ2) is 6.59. The molecular weight excluding hydrogens is 388 g/mol. The smallest absolute Gasteiger partial charge is 0.308 e. The fourth-order valence-corrected chi connectivity index (χ4v) is 2.85. The zero-order valence-corrected chi connectivity index (χ0v) is 14.3. The standard InChI is InChI=1S/C15H14Br2O3/c1-9(18)20-13-5-3-4-11-10(8-14(16)17)6-7-12(19-2)15(11)13/h3-7,14H,8H2,1-2H3. The molecule has 0 aliphatic rings. The van der Waals surface area contributed by atoms with E-state index in [4.69, 9.17) is 9.47 Å². The fraction of sp³-hybridized carbons (Fsp3) is 0.267. The van der Waals surface area contributed by atoms with Crippen LogP contribution in [0.15, 0.2) is 30.3 Å². The van der Waals surface area contributed by atoms with Crippen LogP contribution in [0.3, 0.4) is 0 Å². The molecule has 0 aliphatic carbocycles. The Balaban J connectivity index is 2.67. The number of fused-ring (bicyclic) bond motifs is 1. The molecule has 0 unspecified atom stereocenters. The number of halogens is 2. The quantitative estimate of drug-likeness (QED) is 0.431. The monoisotopic (exact) mass is 400 g/mol. The van der Waals surface area contributed by atoms with Crippen LogP contribution in [0.5, 0.6) is 11.5 Å². The average molecular weight is 402 g/mol. The van der Waals surface area contributed by atoms with Gasteiger partial charge in [0, 0.05) is 6.92 Å². The normalized spacial score (nSPS) is 10.8. The minimum atomic E-state index is -0.344. The number of carbonyl (C=O) groups is 1. The first-order chi connectivity index (χ1) is 9.52. The Labute approximate surface area is 134 Å². The lowest BCUT2D eigenvalue weighted by molar-refractivity contribution is -0.131. The molecule has 2 aromatic carbocycles. The van der Waals surface area contributed by atoms with E-state index in [1.54, 1.807) is 13.2 Å². The van der Waals surface area contributed by atoms with Gasteiger partial charge in [0.05, 0.1) is 16.2 Å². The average Bonchev–Trinajstić information content (AvgIpc) is 2.38. The van der Waals surface area contributed by atoms with Gasteiger partial charge in [-0.15, -0.1) is 0 Å². The first kappa shape index (κ1) is 15.3. The summed E-state index contributed by atoms with van der Waals surface area (Å²) in [5, 5.41) is 1.84. The largest absolute Gasteiger partial charge is 0.496 e. The molecule has 5 heteroatoms. The lowest BCUT2D eigenvalue weighted by atomic mass is 10.0. The molecule has 0 radical (unpaired) electrons. The van der Waals surface area contributed by atoms with E-state index in [0.717, 1.165) is 22.8 Å². The maximum Gasteiger partial charge on any atom is 0.308 e. The topological polar surface area (TPSA) is 35.5 Å². The molecule has 0 amide bonds. The van der Waals surface area contributed by atoms with Crippen LogP contribution < -0.4 is 9.47 Å². The van der Waals surface area contributed by atoms with Crippen LogP contribution in [0.1, 0.15) is 12.5 Å². The number of benzene rings is 2. The number of ether oxygens (including phenoxy) is 2. The molecule has 2 aromatic rings. The minimum absolute atomic E-state index is 0.184. The third kappa shape index (κ3) is 3.33. The number of hydrogen-bond acceptors (Lipinski definition) is 3. The molecule has 2 rings (SSSR count). The van der Waals surface area contributed by atoms with Crippen molar-refractivity contribution in [3.05, 3.63) is 35.9 Å². The van der Waals surface area contributed by atoms with Crippen molar-refractivity contribution in [3.63, 3.8) is 0 Å². The number of carbonyl (C=O) groups excluding carboxylic acids is 1. The summed E-state index contributed by atoms with van der Waals surface area (Å²) in [6, 6.07) is 9.57. The fourth-order valence-electron chi connectivity index (χ4n) is 2.16. The summed E-state index contributed by atoms with van der Waals surface area (Å²) in [5.41, 5.74) is 1.15. The van der Waals surface area contributed by atoms with Gasteiger partial charge in [-0.2, -0.15) is 0 Å². The number of hydrogen-bond donors (Lipinski definition) is 0. The Bertz CT molecular complexity index is 638. The van der Waals surface area contributed by atoms with Gasteiger partial charge in [0.2, 0.25) is 0 Å². The summed E-state index contributed by atoms with van der Waals surface area (Å²) < 4.78 is 10.9. The number of esters is 1. The number of alkyl halides is 2. The molecule has 0 aliphatic heterocycles. The van der Waals surface area contributed by atoms with Gasteiger partial charge in [-0.3, -0.25) is 4.79 Å². The molecule has 0 saturated carbocycles. The van der Waals surface area contributed by atoms with Gasteiger partial charge >= 0.3 is 5.97 Å². The molecule has 20 heavy (non-hydrogen) atoms. The second-order valence-corrected chi connectivity index (χ2v) is 7.73. The molecule has 0 bridgehead atoms. The van der Waals surface area contributed by atoms with Crippen LogP contribution in [-0.4, -0.2) is 16.8 Å². The van der Waals surface area contributed by atoms with Crippen LogP contribution >= 0.6 is 31.9 Å².